The maximum Gasteiger partial charge on any atom is 0.129 e. The fourth-order valence-electron chi connectivity index (χ4n) is 2.10. The van der Waals surface area contributed by atoms with Gasteiger partial charge in [0.1, 0.15) is 5.82 Å². The van der Waals surface area contributed by atoms with Crippen LogP contribution < -0.4 is 4.90 Å². The Labute approximate surface area is 115 Å². The summed E-state index contributed by atoms with van der Waals surface area (Å²) in [6.07, 6.45) is 2.21. The second-order valence-electron chi connectivity index (χ2n) is 4.28. The van der Waals surface area contributed by atoms with Crippen molar-refractivity contribution in [3.63, 3.8) is 0 Å². The summed E-state index contributed by atoms with van der Waals surface area (Å²) in [7, 11) is 1.73. The standard InChI is InChI=1S/C14H23ClN2O/c1-4-13(5-2)17(9-10-18-3)14-8-6-7-12(11-15)16-14/h6-8,13H,4-5,9-11H2,1-3H3. The number of pyridine rings is 1. The monoisotopic (exact) mass is 270 g/mol. The molecule has 0 amide bonds. The van der Waals surface area contributed by atoms with Crippen molar-refractivity contribution < 1.29 is 4.74 Å². The number of rotatable bonds is 8. The Morgan fingerprint density at radius 1 is 1.33 bits per heavy atom. The molecule has 0 aliphatic rings. The van der Waals surface area contributed by atoms with Gasteiger partial charge in [-0.2, -0.15) is 0 Å². The Bertz CT molecular complexity index is 342. The highest BCUT2D eigenvalue weighted by molar-refractivity contribution is 6.16. The summed E-state index contributed by atoms with van der Waals surface area (Å²) in [5.41, 5.74) is 0.919. The van der Waals surface area contributed by atoms with E-state index in [4.69, 9.17) is 16.3 Å². The van der Waals surface area contributed by atoms with Crippen molar-refractivity contribution in [2.75, 3.05) is 25.2 Å². The molecule has 0 spiro atoms. The molecule has 0 radical (unpaired) electrons. The van der Waals surface area contributed by atoms with Crippen molar-refractivity contribution >= 4 is 17.4 Å². The van der Waals surface area contributed by atoms with Gasteiger partial charge < -0.3 is 9.64 Å². The van der Waals surface area contributed by atoms with Gasteiger partial charge in [0.25, 0.3) is 0 Å². The van der Waals surface area contributed by atoms with Gasteiger partial charge in [-0.05, 0) is 25.0 Å². The van der Waals surface area contributed by atoms with Crippen LogP contribution >= 0.6 is 11.6 Å². The van der Waals surface area contributed by atoms with Crippen LogP contribution in [0.2, 0.25) is 0 Å². The first-order valence-electron chi connectivity index (χ1n) is 6.54. The second kappa shape index (κ2) is 8.33. The number of hydrogen-bond donors (Lipinski definition) is 0. The lowest BCUT2D eigenvalue weighted by molar-refractivity contribution is 0.202. The topological polar surface area (TPSA) is 25.4 Å². The number of methoxy groups -OCH3 is 1. The van der Waals surface area contributed by atoms with Crippen LogP contribution in [0.15, 0.2) is 18.2 Å². The predicted octanol–water partition coefficient (Wildman–Crippen LogP) is 3.46. The highest BCUT2D eigenvalue weighted by Crippen LogP contribution is 2.19. The molecule has 1 aromatic heterocycles. The molecule has 3 nitrogen and oxygen atoms in total. The molecule has 0 N–H and O–H groups in total. The van der Waals surface area contributed by atoms with Gasteiger partial charge in [-0.25, -0.2) is 4.98 Å². The third kappa shape index (κ3) is 4.14. The van der Waals surface area contributed by atoms with E-state index in [2.05, 4.69) is 23.7 Å². The summed E-state index contributed by atoms with van der Waals surface area (Å²) in [6, 6.07) is 6.52. The van der Waals surface area contributed by atoms with Crippen molar-refractivity contribution in [3.8, 4) is 0 Å². The zero-order valence-electron chi connectivity index (χ0n) is 11.5. The van der Waals surface area contributed by atoms with E-state index in [0.717, 1.165) is 30.9 Å². The Morgan fingerprint density at radius 2 is 2.06 bits per heavy atom. The number of hydrogen-bond acceptors (Lipinski definition) is 3. The highest BCUT2D eigenvalue weighted by Gasteiger charge is 2.16. The van der Waals surface area contributed by atoms with Crippen LogP contribution in [0.5, 0.6) is 0 Å². The van der Waals surface area contributed by atoms with E-state index in [9.17, 15) is 0 Å². The quantitative estimate of drug-likeness (QED) is 0.677. The van der Waals surface area contributed by atoms with Crippen molar-refractivity contribution in [1.82, 2.24) is 4.98 Å². The van der Waals surface area contributed by atoms with Gasteiger partial charge in [0.15, 0.2) is 0 Å². The number of alkyl halides is 1. The maximum atomic E-state index is 5.85. The van der Waals surface area contributed by atoms with E-state index in [1.165, 1.54) is 0 Å². The zero-order valence-corrected chi connectivity index (χ0v) is 12.3. The number of halogens is 1. The molecule has 4 heteroatoms. The van der Waals surface area contributed by atoms with E-state index in [1.54, 1.807) is 7.11 Å². The third-order valence-electron chi connectivity index (χ3n) is 3.14. The van der Waals surface area contributed by atoms with Crippen LogP contribution in [0.4, 0.5) is 5.82 Å². The summed E-state index contributed by atoms with van der Waals surface area (Å²) < 4.78 is 5.19. The van der Waals surface area contributed by atoms with Gasteiger partial charge in [-0.1, -0.05) is 19.9 Å². The normalized spacial score (nSPS) is 10.9. The zero-order chi connectivity index (χ0) is 13.4. The minimum absolute atomic E-state index is 0.453. The number of ether oxygens (including phenoxy) is 1. The molecule has 0 fully saturated rings. The first-order chi connectivity index (χ1) is 8.76. The van der Waals surface area contributed by atoms with E-state index in [-0.39, 0.29) is 0 Å². The van der Waals surface area contributed by atoms with Crippen molar-refractivity contribution in [3.05, 3.63) is 23.9 Å². The molecule has 1 aromatic rings. The molecule has 0 aliphatic carbocycles. The maximum absolute atomic E-state index is 5.85. The molecule has 0 bridgehead atoms. The third-order valence-corrected chi connectivity index (χ3v) is 3.42. The molecule has 1 heterocycles. The lowest BCUT2D eigenvalue weighted by atomic mass is 10.1. The molecule has 0 saturated heterocycles. The minimum Gasteiger partial charge on any atom is -0.383 e. The lowest BCUT2D eigenvalue weighted by Crippen LogP contribution is -2.37. The van der Waals surface area contributed by atoms with Gasteiger partial charge in [0.05, 0.1) is 18.2 Å². The summed E-state index contributed by atoms with van der Waals surface area (Å²) >= 11 is 5.85. The Balaban J connectivity index is 2.92. The van der Waals surface area contributed by atoms with E-state index < -0.39 is 0 Å². The largest absolute Gasteiger partial charge is 0.383 e. The van der Waals surface area contributed by atoms with Crippen molar-refractivity contribution in [2.24, 2.45) is 0 Å². The molecular weight excluding hydrogens is 248 g/mol. The van der Waals surface area contributed by atoms with Gasteiger partial charge in [0, 0.05) is 19.7 Å². The molecule has 0 saturated carbocycles. The van der Waals surface area contributed by atoms with Crippen LogP contribution in [0.25, 0.3) is 0 Å². The summed E-state index contributed by atoms with van der Waals surface area (Å²) in [4.78, 5) is 6.92. The smallest absolute Gasteiger partial charge is 0.129 e. The van der Waals surface area contributed by atoms with Crippen LogP contribution in [0, 0.1) is 0 Å². The number of anilines is 1. The fourth-order valence-corrected chi connectivity index (χ4v) is 2.25. The van der Waals surface area contributed by atoms with Crippen LogP contribution in [0.1, 0.15) is 32.4 Å². The van der Waals surface area contributed by atoms with Gasteiger partial charge in [0.2, 0.25) is 0 Å². The lowest BCUT2D eigenvalue weighted by Gasteiger charge is -2.31. The van der Waals surface area contributed by atoms with E-state index in [1.807, 2.05) is 18.2 Å². The van der Waals surface area contributed by atoms with Crippen molar-refractivity contribution in [2.45, 2.75) is 38.6 Å². The average Bonchev–Trinajstić information content (AvgIpc) is 2.43. The molecule has 1 rings (SSSR count). The minimum atomic E-state index is 0.453. The first-order valence-corrected chi connectivity index (χ1v) is 7.07. The molecule has 0 atom stereocenters. The Hall–Kier alpha value is -0.800. The van der Waals surface area contributed by atoms with Gasteiger partial charge in [-0.3, -0.25) is 0 Å². The molecule has 18 heavy (non-hydrogen) atoms. The SMILES string of the molecule is CCC(CC)N(CCOC)c1cccc(CCl)n1. The predicted molar refractivity (Wildman–Crippen MR) is 77.4 cm³/mol. The Kier molecular flexibility index (Phi) is 7.06. The second-order valence-corrected chi connectivity index (χ2v) is 4.54. The average molecular weight is 271 g/mol. The molecule has 0 unspecified atom stereocenters. The summed E-state index contributed by atoms with van der Waals surface area (Å²) in [6.45, 7) is 5.99. The van der Waals surface area contributed by atoms with Crippen LogP contribution in [-0.4, -0.2) is 31.3 Å². The summed E-state index contributed by atoms with van der Waals surface area (Å²) in [5, 5.41) is 0. The highest BCUT2D eigenvalue weighted by atomic mass is 35.5. The molecular formula is C14H23ClN2O. The van der Waals surface area contributed by atoms with Crippen LogP contribution in [0.3, 0.4) is 0 Å². The number of aromatic nitrogens is 1. The summed E-state index contributed by atoms with van der Waals surface area (Å²) in [5.74, 6) is 1.45. The fraction of sp³-hybridized carbons (Fsp3) is 0.643. The first kappa shape index (κ1) is 15.3. The molecule has 102 valence electrons. The number of nitrogens with zero attached hydrogens (tertiary/aromatic N) is 2. The molecule has 0 aromatic carbocycles. The van der Waals surface area contributed by atoms with Gasteiger partial charge in [-0.15, -0.1) is 11.6 Å². The van der Waals surface area contributed by atoms with Crippen LogP contribution in [-0.2, 0) is 10.6 Å². The van der Waals surface area contributed by atoms with Gasteiger partial charge >= 0.3 is 0 Å². The van der Waals surface area contributed by atoms with E-state index in [0.29, 0.717) is 18.5 Å². The molecule has 0 aliphatic heterocycles. The Morgan fingerprint density at radius 3 is 2.61 bits per heavy atom. The van der Waals surface area contributed by atoms with E-state index >= 15 is 0 Å². The van der Waals surface area contributed by atoms with Crippen molar-refractivity contribution in [1.29, 1.82) is 0 Å².